The van der Waals surface area contributed by atoms with Gasteiger partial charge in [-0.2, -0.15) is 0 Å². The van der Waals surface area contributed by atoms with Crippen LogP contribution in [0, 0.1) is 6.92 Å². The number of hydrogen-bond acceptors (Lipinski definition) is 8. The highest BCUT2D eigenvalue weighted by Crippen LogP contribution is 2.27. The number of anilines is 2. The molecule has 0 saturated carbocycles. The van der Waals surface area contributed by atoms with E-state index in [1.807, 2.05) is 60.7 Å². The Hall–Kier alpha value is -3.89. The largest absolute Gasteiger partial charge is 0.493 e. The summed E-state index contributed by atoms with van der Waals surface area (Å²) in [5, 5.41) is 11.4. The molecule has 2 amide bonds. The lowest BCUT2D eigenvalue weighted by molar-refractivity contribution is 0.000293. The molecular formula is C26H35N7O4. The zero-order valence-electron chi connectivity index (χ0n) is 22.5. The van der Waals surface area contributed by atoms with E-state index in [-0.39, 0.29) is 12.0 Å². The summed E-state index contributed by atoms with van der Waals surface area (Å²) >= 11 is 0. The van der Waals surface area contributed by atoms with Gasteiger partial charge in [0.15, 0.2) is 11.6 Å². The minimum Gasteiger partial charge on any atom is -0.493 e. The zero-order valence-corrected chi connectivity index (χ0v) is 22.5. The summed E-state index contributed by atoms with van der Waals surface area (Å²) in [6.45, 7) is 15.4. The number of aryl methyl sites for hydroxylation is 1. The first-order chi connectivity index (χ1) is 17.4. The standard InChI is InChI=1S/C26H35N7O4/c1-8-36-19-13-22-27-17(2)14-32(22)15-18(19)23(34)28-20-9-10-21(30-29-20)31-11-12-33(26(6,7)16-31)24(35)37-25(3,4)5/h9-10,13-15H,8,11-12,16H2,1-7H3,(H,28,29,34). The summed E-state index contributed by atoms with van der Waals surface area (Å²) in [4.78, 5) is 34.0. The van der Waals surface area contributed by atoms with Gasteiger partial charge in [0.2, 0.25) is 0 Å². The van der Waals surface area contributed by atoms with Gasteiger partial charge in [-0.25, -0.2) is 9.78 Å². The van der Waals surface area contributed by atoms with E-state index in [4.69, 9.17) is 9.47 Å². The molecule has 4 heterocycles. The van der Waals surface area contributed by atoms with Gasteiger partial charge in [-0.1, -0.05) is 0 Å². The molecule has 0 aromatic carbocycles. The Morgan fingerprint density at radius 1 is 1.14 bits per heavy atom. The van der Waals surface area contributed by atoms with E-state index in [9.17, 15) is 9.59 Å². The summed E-state index contributed by atoms with van der Waals surface area (Å²) in [5.74, 6) is 1.09. The van der Waals surface area contributed by atoms with Gasteiger partial charge >= 0.3 is 6.09 Å². The molecule has 1 aliphatic heterocycles. The van der Waals surface area contributed by atoms with Crippen molar-refractivity contribution in [3.05, 3.63) is 41.9 Å². The molecule has 1 fully saturated rings. The van der Waals surface area contributed by atoms with Crippen molar-refractivity contribution < 1.29 is 19.1 Å². The molecule has 0 radical (unpaired) electrons. The summed E-state index contributed by atoms with van der Waals surface area (Å²) in [7, 11) is 0. The fourth-order valence-corrected chi connectivity index (χ4v) is 4.34. The van der Waals surface area contributed by atoms with Crippen LogP contribution in [0.2, 0.25) is 0 Å². The van der Waals surface area contributed by atoms with Crippen LogP contribution in [0.3, 0.4) is 0 Å². The van der Waals surface area contributed by atoms with Crippen molar-refractivity contribution in [3.8, 4) is 5.75 Å². The summed E-state index contributed by atoms with van der Waals surface area (Å²) < 4.78 is 13.1. The van der Waals surface area contributed by atoms with Gasteiger partial charge in [0.05, 0.1) is 23.4 Å². The lowest BCUT2D eigenvalue weighted by Gasteiger charge is -2.47. The van der Waals surface area contributed by atoms with Crippen molar-refractivity contribution in [2.45, 2.75) is 59.6 Å². The third-order valence-corrected chi connectivity index (χ3v) is 5.95. The number of nitrogens with zero attached hydrogens (tertiary/aromatic N) is 6. The van der Waals surface area contributed by atoms with Crippen LogP contribution in [0.15, 0.2) is 30.6 Å². The summed E-state index contributed by atoms with van der Waals surface area (Å²) in [5.41, 5.74) is 0.906. The van der Waals surface area contributed by atoms with Gasteiger partial charge < -0.3 is 24.1 Å². The molecule has 0 atom stereocenters. The van der Waals surface area contributed by atoms with Crippen molar-refractivity contribution >= 4 is 29.3 Å². The third kappa shape index (κ3) is 5.92. The van der Waals surface area contributed by atoms with Crippen molar-refractivity contribution in [1.29, 1.82) is 0 Å². The van der Waals surface area contributed by atoms with Gasteiger partial charge in [0.1, 0.15) is 17.0 Å². The molecule has 0 spiro atoms. The normalized spacial score (nSPS) is 15.5. The molecule has 0 unspecified atom stereocenters. The average molecular weight is 510 g/mol. The number of rotatable bonds is 5. The van der Waals surface area contributed by atoms with Crippen LogP contribution in [0.1, 0.15) is 57.6 Å². The highest BCUT2D eigenvalue weighted by molar-refractivity contribution is 6.05. The number of ether oxygens (including phenoxy) is 2. The number of carbonyl (C=O) groups is 2. The molecule has 3 aromatic heterocycles. The molecule has 1 saturated heterocycles. The first kappa shape index (κ1) is 26.2. The molecule has 198 valence electrons. The Labute approximate surface area is 216 Å². The van der Waals surface area contributed by atoms with Crippen LogP contribution in [-0.4, -0.2) is 73.9 Å². The number of nitrogens with one attached hydrogen (secondary N) is 1. The first-order valence-electron chi connectivity index (χ1n) is 12.4. The van der Waals surface area contributed by atoms with Crippen molar-refractivity contribution in [3.63, 3.8) is 0 Å². The lowest BCUT2D eigenvalue weighted by Crippen LogP contribution is -2.62. The highest BCUT2D eigenvalue weighted by Gasteiger charge is 2.39. The number of imidazole rings is 1. The van der Waals surface area contributed by atoms with Gasteiger partial charge in [0.25, 0.3) is 5.91 Å². The maximum absolute atomic E-state index is 13.1. The van der Waals surface area contributed by atoms with Gasteiger partial charge in [-0.3, -0.25) is 9.69 Å². The van der Waals surface area contributed by atoms with Crippen LogP contribution in [0.4, 0.5) is 16.4 Å². The summed E-state index contributed by atoms with van der Waals surface area (Å²) in [6, 6.07) is 5.28. The van der Waals surface area contributed by atoms with Crippen LogP contribution in [0.5, 0.6) is 5.75 Å². The molecular weight excluding hydrogens is 474 g/mol. The van der Waals surface area contributed by atoms with Crippen molar-refractivity contribution in [2.24, 2.45) is 0 Å². The molecule has 4 rings (SSSR count). The van der Waals surface area contributed by atoms with E-state index in [2.05, 4.69) is 25.4 Å². The van der Waals surface area contributed by atoms with E-state index in [0.29, 0.717) is 54.8 Å². The average Bonchev–Trinajstić information content (AvgIpc) is 3.16. The molecule has 11 nitrogen and oxygen atoms in total. The van der Waals surface area contributed by atoms with Crippen molar-refractivity contribution in [1.82, 2.24) is 24.5 Å². The molecule has 0 bridgehead atoms. The Balaban J connectivity index is 1.45. The smallest absolute Gasteiger partial charge is 0.410 e. The predicted octanol–water partition coefficient (Wildman–Crippen LogP) is 3.92. The number of amides is 2. The van der Waals surface area contributed by atoms with Crippen LogP contribution >= 0.6 is 0 Å². The minimum atomic E-state index is -0.553. The molecule has 37 heavy (non-hydrogen) atoms. The quantitative estimate of drug-likeness (QED) is 0.551. The minimum absolute atomic E-state index is 0.322. The van der Waals surface area contributed by atoms with E-state index >= 15 is 0 Å². The highest BCUT2D eigenvalue weighted by atomic mass is 16.6. The molecule has 11 heteroatoms. The first-order valence-corrected chi connectivity index (χ1v) is 12.4. The van der Waals surface area contributed by atoms with E-state index < -0.39 is 11.1 Å². The van der Waals surface area contributed by atoms with E-state index in [1.54, 1.807) is 27.6 Å². The monoisotopic (exact) mass is 509 g/mol. The van der Waals surface area contributed by atoms with Crippen molar-refractivity contribution in [2.75, 3.05) is 36.5 Å². The van der Waals surface area contributed by atoms with E-state index in [1.165, 1.54) is 0 Å². The Morgan fingerprint density at radius 2 is 1.89 bits per heavy atom. The van der Waals surface area contributed by atoms with Gasteiger partial charge in [0, 0.05) is 38.1 Å². The molecule has 1 N–H and O–H groups in total. The topological polar surface area (TPSA) is 114 Å². The third-order valence-electron chi connectivity index (χ3n) is 5.95. The number of pyridine rings is 1. The number of piperazine rings is 1. The van der Waals surface area contributed by atoms with Crippen LogP contribution in [0.25, 0.3) is 5.65 Å². The number of hydrogen-bond donors (Lipinski definition) is 1. The maximum Gasteiger partial charge on any atom is 0.410 e. The van der Waals surface area contributed by atoms with Gasteiger partial charge in [-0.05, 0) is 60.6 Å². The molecule has 1 aliphatic rings. The zero-order chi connectivity index (χ0) is 27.0. The number of carbonyl (C=O) groups excluding carboxylic acids is 2. The summed E-state index contributed by atoms with van der Waals surface area (Å²) in [6.07, 6.45) is 3.22. The number of fused-ring (bicyclic) bond motifs is 1. The number of aromatic nitrogens is 4. The maximum atomic E-state index is 13.1. The lowest BCUT2D eigenvalue weighted by atomic mass is 9.99. The Bertz CT molecular complexity index is 1290. The molecule has 0 aliphatic carbocycles. The van der Waals surface area contributed by atoms with Crippen LogP contribution < -0.4 is 15.0 Å². The fourth-order valence-electron chi connectivity index (χ4n) is 4.34. The fraction of sp³-hybridized carbons (Fsp3) is 0.500. The predicted molar refractivity (Wildman–Crippen MR) is 140 cm³/mol. The van der Waals surface area contributed by atoms with Crippen LogP contribution in [-0.2, 0) is 4.74 Å². The Morgan fingerprint density at radius 3 is 2.51 bits per heavy atom. The second-order valence-corrected chi connectivity index (χ2v) is 10.7. The second kappa shape index (κ2) is 9.87. The second-order valence-electron chi connectivity index (χ2n) is 10.7. The SMILES string of the molecule is CCOc1cc2nc(C)cn2cc1C(=O)Nc1ccc(N2CCN(C(=O)OC(C)(C)C)C(C)(C)C2)nn1. The van der Waals surface area contributed by atoms with E-state index in [0.717, 1.165) is 5.69 Å². The Kier molecular flexibility index (Phi) is 6.98. The van der Waals surface area contributed by atoms with Gasteiger partial charge in [-0.15, -0.1) is 10.2 Å². The molecule has 3 aromatic rings.